The van der Waals surface area contributed by atoms with Crippen LogP contribution >= 0.6 is 0 Å². The van der Waals surface area contributed by atoms with Crippen LogP contribution in [0.5, 0.6) is 5.75 Å². The summed E-state index contributed by atoms with van der Waals surface area (Å²) in [6.07, 6.45) is 3.57. The Labute approximate surface area is 148 Å². The van der Waals surface area contributed by atoms with Gasteiger partial charge in [-0.3, -0.25) is 4.79 Å². The van der Waals surface area contributed by atoms with Crippen LogP contribution in [0.4, 0.5) is 0 Å². The van der Waals surface area contributed by atoms with E-state index in [9.17, 15) is 9.90 Å². The third-order valence-electron chi connectivity index (χ3n) is 3.75. The number of benzene rings is 2. The number of phenols is 1. The monoisotopic (exact) mass is 336 g/mol. The van der Waals surface area contributed by atoms with Gasteiger partial charge in [0.15, 0.2) is 0 Å². The predicted molar refractivity (Wildman–Crippen MR) is 103 cm³/mol. The molecule has 1 amide bonds. The molecular formula is C21H24N2O2. The standard InChI is InChI=1S/C21H24N2O2/c1-15(13-16-9-11-17(12-10-16)21(2,3)4)14-22-23-20(25)18-7-5-6-8-19(18)24/h5-14,24H,1-4H3,(H,23,25)/b15-13+,22-14+. The highest BCUT2D eigenvalue weighted by Gasteiger charge is 2.12. The number of aromatic hydroxyl groups is 1. The molecule has 0 heterocycles. The van der Waals surface area contributed by atoms with Crippen molar-refractivity contribution in [2.45, 2.75) is 33.1 Å². The first-order valence-corrected chi connectivity index (χ1v) is 8.17. The normalized spacial score (nSPS) is 12.4. The lowest BCUT2D eigenvalue weighted by atomic mass is 9.86. The molecule has 0 unspecified atom stereocenters. The molecule has 0 atom stereocenters. The molecule has 0 saturated heterocycles. The number of hydrogen-bond donors (Lipinski definition) is 2. The average Bonchev–Trinajstić information content (AvgIpc) is 2.54. The van der Waals surface area contributed by atoms with Crippen molar-refractivity contribution in [3.05, 3.63) is 70.8 Å². The summed E-state index contributed by atoms with van der Waals surface area (Å²) in [5.41, 5.74) is 6.00. The number of allylic oxidation sites excluding steroid dienone is 1. The quantitative estimate of drug-likeness (QED) is 0.637. The molecule has 0 aliphatic rings. The van der Waals surface area contributed by atoms with Crippen molar-refractivity contribution in [2.75, 3.05) is 0 Å². The zero-order valence-electron chi connectivity index (χ0n) is 15.1. The molecule has 0 bridgehead atoms. The van der Waals surface area contributed by atoms with Crippen LogP contribution in [0.2, 0.25) is 0 Å². The molecule has 0 saturated carbocycles. The van der Waals surface area contributed by atoms with Gasteiger partial charge in [-0.15, -0.1) is 0 Å². The minimum absolute atomic E-state index is 0.0681. The summed E-state index contributed by atoms with van der Waals surface area (Å²) in [6.45, 7) is 8.46. The van der Waals surface area contributed by atoms with Gasteiger partial charge in [-0.25, -0.2) is 5.43 Å². The van der Waals surface area contributed by atoms with Crippen molar-refractivity contribution in [1.82, 2.24) is 5.43 Å². The van der Waals surface area contributed by atoms with Gasteiger partial charge >= 0.3 is 0 Å². The fraction of sp³-hybridized carbons (Fsp3) is 0.238. The number of hydrazone groups is 1. The van der Waals surface area contributed by atoms with Crippen molar-refractivity contribution in [1.29, 1.82) is 0 Å². The fourth-order valence-corrected chi connectivity index (χ4v) is 2.30. The molecule has 0 aliphatic carbocycles. The predicted octanol–water partition coefficient (Wildman–Crippen LogP) is 4.51. The van der Waals surface area contributed by atoms with Gasteiger partial charge in [-0.05, 0) is 41.2 Å². The first-order chi connectivity index (χ1) is 11.8. The third kappa shape index (κ3) is 5.31. The Bertz CT molecular complexity index is 797. The minimum Gasteiger partial charge on any atom is -0.507 e. The summed E-state index contributed by atoms with van der Waals surface area (Å²) in [7, 11) is 0. The van der Waals surface area contributed by atoms with Crippen molar-refractivity contribution in [2.24, 2.45) is 5.10 Å². The molecule has 2 aromatic carbocycles. The molecular weight excluding hydrogens is 312 g/mol. The number of amides is 1. The first kappa shape index (κ1) is 18.5. The Balaban J connectivity index is 2.00. The molecule has 4 nitrogen and oxygen atoms in total. The topological polar surface area (TPSA) is 61.7 Å². The highest BCUT2D eigenvalue weighted by Crippen LogP contribution is 2.22. The van der Waals surface area contributed by atoms with Crippen molar-refractivity contribution in [3.63, 3.8) is 0 Å². The van der Waals surface area contributed by atoms with Gasteiger partial charge in [0, 0.05) is 0 Å². The van der Waals surface area contributed by atoms with Gasteiger partial charge in [0.25, 0.3) is 5.91 Å². The van der Waals surface area contributed by atoms with Crippen LogP contribution in [0.15, 0.2) is 59.2 Å². The number of rotatable bonds is 4. The summed E-state index contributed by atoms with van der Waals surface area (Å²) < 4.78 is 0. The largest absolute Gasteiger partial charge is 0.507 e. The Morgan fingerprint density at radius 2 is 1.72 bits per heavy atom. The smallest absolute Gasteiger partial charge is 0.275 e. The molecule has 0 aromatic heterocycles. The third-order valence-corrected chi connectivity index (χ3v) is 3.75. The molecule has 2 N–H and O–H groups in total. The Hall–Kier alpha value is -2.88. The van der Waals surface area contributed by atoms with Crippen molar-refractivity contribution < 1.29 is 9.90 Å². The Morgan fingerprint density at radius 3 is 2.32 bits per heavy atom. The summed E-state index contributed by atoms with van der Waals surface area (Å²) in [4.78, 5) is 11.9. The van der Waals surface area contributed by atoms with Gasteiger partial charge in [-0.1, -0.05) is 63.2 Å². The second kappa shape index (κ2) is 7.79. The number of carbonyl (C=O) groups is 1. The van der Waals surface area contributed by atoms with E-state index in [4.69, 9.17) is 0 Å². The van der Waals surface area contributed by atoms with Gasteiger partial charge in [0.2, 0.25) is 0 Å². The maximum absolute atomic E-state index is 11.9. The summed E-state index contributed by atoms with van der Waals surface area (Å²) in [5, 5.41) is 13.6. The SMILES string of the molecule is CC(/C=N/NC(=O)c1ccccc1O)=C\c1ccc(C(C)(C)C)cc1. The lowest BCUT2D eigenvalue weighted by Gasteiger charge is -2.18. The highest BCUT2D eigenvalue weighted by atomic mass is 16.3. The molecule has 0 fully saturated rings. The maximum Gasteiger partial charge on any atom is 0.275 e. The molecule has 4 heteroatoms. The van der Waals surface area contributed by atoms with Crippen LogP contribution in [-0.2, 0) is 5.41 Å². The van der Waals surface area contributed by atoms with Crippen LogP contribution in [0.25, 0.3) is 6.08 Å². The number of para-hydroxylation sites is 1. The van der Waals surface area contributed by atoms with E-state index in [1.807, 2.05) is 13.0 Å². The summed E-state index contributed by atoms with van der Waals surface area (Å²) in [5.74, 6) is -0.516. The van der Waals surface area contributed by atoms with E-state index in [1.165, 1.54) is 11.6 Å². The second-order valence-corrected chi connectivity index (χ2v) is 6.98. The van der Waals surface area contributed by atoms with E-state index in [0.717, 1.165) is 11.1 Å². The lowest BCUT2D eigenvalue weighted by molar-refractivity contribution is 0.0952. The van der Waals surface area contributed by atoms with E-state index < -0.39 is 5.91 Å². The number of nitrogens with one attached hydrogen (secondary N) is 1. The molecule has 2 aromatic rings. The number of nitrogens with zero attached hydrogens (tertiary/aromatic N) is 1. The van der Waals surface area contributed by atoms with E-state index >= 15 is 0 Å². The molecule has 2 rings (SSSR count). The Morgan fingerprint density at radius 1 is 1.08 bits per heavy atom. The molecule has 0 spiro atoms. The first-order valence-electron chi connectivity index (χ1n) is 8.17. The highest BCUT2D eigenvalue weighted by molar-refractivity contribution is 5.97. The number of carbonyl (C=O) groups excluding carboxylic acids is 1. The van der Waals surface area contributed by atoms with E-state index in [1.54, 1.807) is 24.4 Å². The van der Waals surface area contributed by atoms with E-state index in [0.29, 0.717) is 0 Å². The average molecular weight is 336 g/mol. The summed E-state index contributed by atoms with van der Waals surface area (Å²) in [6, 6.07) is 14.7. The van der Waals surface area contributed by atoms with Crippen LogP contribution in [0, 0.1) is 0 Å². The molecule has 25 heavy (non-hydrogen) atoms. The molecule has 0 aliphatic heterocycles. The van der Waals surface area contributed by atoms with Gasteiger partial charge in [-0.2, -0.15) is 5.10 Å². The number of hydrogen-bond acceptors (Lipinski definition) is 3. The van der Waals surface area contributed by atoms with E-state index in [-0.39, 0.29) is 16.7 Å². The van der Waals surface area contributed by atoms with Crippen molar-refractivity contribution in [3.8, 4) is 5.75 Å². The van der Waals surface area contributed by atoms with Gasteiger partial charge in [0.1, 0.15) is 5.75 Å². The molecule has 0 radical (unpaired) electrons. The fourth-order valence-electron chi connectivity index (χ4n) is 2.30. The minimum atomic E-state index is -0.448. The van der Waals surface area contributed by atoms with Crippen LogP contribution < -0.4 is 5.43 Å². The van der Waals surface area contributed by atoms with Crippen molar-refractivity contribution >= 4 is 18.2 Å². The molecule has 130 valence electrons. The van der Waals surface area contributed by atoms with Crippen LogP contribution in [0.3, 0.4) is 0 Å². The zero-order chi connectivity index (χ0) is 18.4. The lowest BCUT2D eigenvalue weighted by Crippen LogP contribution is -2.17. The maximum atomic E-state index is 11.9. The zero-order valence-corrected chi connectivity index (χ0v) is 15.1. The van der Waals surface area contributed by atoms with E-state index in [2.05, 4.69) is 55.6 Å². The summed E-state index contributed by atoms with van der Waals surface area (Å²) >= 11 is 0. The van der Waals surface area contributed by atoms with Crippen LogP contribution in [-0.4, -0.2) is 17.2 Å². The van der Waals surface area contributed by atoms with Gasteiger partial charge < -0.3 is 5.11 Å². The van der Waals surface area contributed by atoms with Crippen LogP contribution in [0.1, 0.15) is 49.2 Å². The van der Waals surface area contributed by atoms with Gasteiger partial charge in [0.05, 0.1) is 11.8 Å². The second-order valence-electron chi connectivity index (χ2n) is 6.98. The Kier molecular flexibility index (Phi) is 5.75. The number of phenolic OH excluding ortho intramolecular Hbond substituents is 1.